The molecule has 1 fully saturated rings. The van der Waals surface area contributed by atoms with Gasteiger partial charge in [0.1, 0.15) is 5.75 Å². The van der Waals surface area contributed by atoms with Crippen LogP contribution in [0.2, 0.25) is 0 Å². The lowest BCUT2D eigenvalue weighted by Crippen LogP contribution is -2.08. The quantitative estimate of drug-likeness (QED) is 0.928. The van der Waals surface area contributed by atoms with Crippen molar-refractivity contribution < 1.29 is 8.95 Å². The lowest BCUT2D eigenvalue weighted by Gasteiger charge is -2.12. The Hall–Kier alpha value is -0.550. The predicted molar refractivity (Wildman–Crippen MR) is 67.4 cm³/mol. The zero-order chi connectivity index (χ0) is 11.8. The molecule has 1 atom stereocenters. The molecule has 1 unspecified atom stereocenters. The van der Waals surface area contributed by atoms with Crippen LogP contribution in [0.3, 0.4) is 0 Å². The van der Waals surface area contributed by atoms with Crippen LogP contribution in [0.1, 0.15) is 12.8 Å². The average Bonchev–Trinajstić information content (AvgIpc) is 3.01. The van der Waals surface area contributed by atoms with E-state index in [0.29, 0.717) is 22.3 Å². The van der Waals surface area contributed by atoms with Crippen LogP contribution in [-0.2, 0) is 9.73 Å². The second-order valence-electron chi connectivity index (χ2n) is 4.08. The highest BCUT2D eigenvalue weighted by Crippen LogP contribution is 2.35. The number of halogens is 1. The molecule has 2 rings (SSSR count). The third-order valence-corrected chi connectivity index (χ3v) is 5.11. The molecule has 3 nitrogen and oxygen atoms in total. The number of hydrogen-bond donors (Lipinski definition) is 1. The van der Waals surface area contributed by atoms with E-state index in [1.807, 2.05) is 6.07 Å². The molecule has 1 aromatic carbocycles. The van der Waals surface area contributed by atoms with Gasteiger partial charge >= 0.3 is 0 Å². The second kappa shape index (κ2) is 4.37. The minimum Gasteiger partial charge on any atom is -0.495 e. The summed E-state index contributed by atoms with van der Waals surface area (Å²) >= 11 is 3.34. The largest absolute Gasteiger partial charge is 0.495 e. The molecule has 0 aromatic heterocycles. The Balaban J connectivity index is 2.40. The SMILES string of the molecule is COc1ccc(Br)cc1S(=N)(=O)CC1CC1. The minimum atomic E-state index is -2.72. The predicted octanol–water partition coefficient (Wildman–Crippen LogP) is 3.27. The first-order valence-corrected chi connectivity index (χ1v) is 7.65. The van der Waals surface area contributed by atoms with Gasteiger partial charge in [-0.1, -0.05) is 15.9 Å². The van der Waals surface area contributed by atoms with E-state index >= 15 is 0 Å². The standard InChI is InChI=1S/C11H14BrNO2S/c1-15-10-5-4-9(12)6-11(10)16(13,14)7-8-2-3-8/h4-6,8,13H,2-3,7H2,1H3. The summed E-state index contributed by atoms with van der Waals surface area (Å²) in [6, 6.07) is 5.31. The van der Waals surface area contributed by atoms with Gasteiger partial charge in [0, 0.05) is 10.2 Å². The molecule has 1 aliphatic carbocycles. The lowest BCUT2D eigenvalue weighted by atomic mass is 10.3. The van der Waals surface area contributed by atoms with Crippen LogP contribution < -0.4 is 4.74 Å². The fraction of sp³-hybridized carbons (Fsp3) is 0.455. The number of ether oxygens (including phenoxy) is 1. The van der Waals surface area contributed by atoms with Crippen LogP contribution in [0.5, 0.6) is 5.75 Å². The molecule has 1 N–H and O–H groups in total. The highest BCUT2D eigenvalue weighted by Gasteiger charge is 2.28. The van der Waals surface area contributed by atoms with Crippen LogP contribution in [-0.4, -0.2) is 17.1 Å². The summed E-state index contributed by atoms with van der Waals surface area (Å²) in [6.45, 7) is 0. The highest BCUT2D eigenvalue weighted by atomic mass is 79.9. The van der Waals surface area contributed by atoms with Crippen molar-refractivity contribution in [1.82, 2.24) is 0 Å². The van der Waals surface area contributed by atoms with Gasteiger partial charge in [0.25, 0.3) is 0 Å². The molecular formula is C11H14BrNO2S. The summed E-state index contributed by atoms with van der Waals surface area (Å²) in [6.07, 6.45) is 2.21. The fourth-order valence-corrected chi connectivity index (χ4v) is 4.10. The maximum Gasteiger partial charge on any atom is 0.135 e. The van der Waals surface area contributed by atoms with Crippen molar-refractivity contribution in [2.24, 2.45) is 5.92 Å². The van der Waals surface area contributed by atoms with Crippen molar-refractivity contribution in [3.05, 3.63) is 22.7 Å². The van der Waals surface area contributed by atoms with E-state index in [9.17, 15) is 4.21 Å². The number of methoxy groups -OCH3 is 1. The van der Waals surface area contributed by atoms with Gasteiger partial charge in [-0.15, -0.1) is 0 Å². The fourth-order valence-electron chi connectivity index (χ4n) is 1.61. The number of benzene rings is 1. The van der Waals surface area contributed by atoms with Crippen molar-refractivity contribution in [2.45, 2.75) is 17.7 Å². The molecule has 0 heterocycles. The van der Waals surface area contributed by atoms with Gasteiger partial charge < -0.3 is 4.74 Å². The molecule has 1 saturated carbocycles. The molecule has 0 bridgehead atoms. The third kappa shape index (κ3) is 2.58. The normalized spacial score (nSPS) is 19.1. The van der Waals surface area contributed by atoms with Gasteiger partial charge in [0.05, 0.1) is 21.7 Å². The van der Waals surface area contributed by atoms with Crippen molar-refractivity contribution in [3.8, 4) is 5.75 Å². The smallest absolute Gasteiger partial charge is 0.135 e. The van der Waals surface area contributed by atoms with E-state index < -0.39 is 9.73 Å². The third-order valence-electron chi connectivity index (χ3n) is 2.65. The molecule has 1 aliphatic rings. The summed E-state index contributed by atoms with van der Waals surface area (Å²) in [7, 11) is -1.18. The first kappa shape index (κ1) is 11.9. The number of nitrogens with one attached hydrogen (secondary N) is 1. The first-order valence-electron chi connectivity index (χ1n) is 5.13. The van der Waals surface area contributed by atoms with E-state index in [2.05, 4.69) is 15.9 Å². The maximum absolute atomic E-state index is 12.3. The Morgan fingerprint density at radius 2 is 2.25 bits per heavy atom. The van der Waals surface area contributed by atoms with E-state index in [0.717, 1.165) is 17.3 Å². The van der Waals surface area contributed by atoms with Crippen molar-refractivity contribution >= 4 is 25.7 Å². The van der Waals surface area contributed by atoms with Crippen LogP contribution >= 0.6 is 15.9 Å². The van der Waals surface area contributed by atoms with Gasteiger partial charge in [-0.25, -0.2) is 8.99 Å². The molecule has 0 saturated heterocycles. The lowest BCUT2D eigenvalue weighted by molar-refractivity contribution is 0.403. The van der Waals surface area contributed by atoms with Gasteiger partial charge in [0.15, 0.2) is 0 Å². The second-order valence-corrected chi connectivity index (χ2v) is 7.12. The van der Waals surface area contributed by atoms with E-state index in [4.69, 9.17) is 9.52 Å². The molecule has 88 valence electrons. The van der Waals surface area contributed by atoms with Gasteiger partial charge in [-0.2, -0.15) is 0 Å². The maximum atomic E-state index is 12.3. The van der Waals surface area contributed by atoms with Crippen LogP contribution in [0.4, 0.5) is 0 Å². The molecule has 0 aliphatic heterocycles. The topological polar surface area (TPSA) is 50.1 Å². The van der Waals surface area contributed by atoms with Gasteiger partial charge in [0.2, 0.25) is 0 Å². The monoisotopic (exact) mass is 303 g/mol. The molecule has 1 aromatic rings. The Morgan fingerprint density at radius 3 is 2.81 bits per heavy atom. The Bertz CT molecular complexity index is 495. The summed E-state index contributed by atoms with van der Waals surface area (Å²) in [5.41, 5.74) is 0. The van der Waals surface area contributed by atoms with Crippen molar-refractivity contribution in [2.75, 3.05) is 12.9 Å². The zero-order valence-corrected chi connectivity index (χ0v) is 11.4. The number of rotatable bonds is 4. The van der Waals surface area contributed by atoms with Gasteiger partial charge in [-0.3, -0.25) is 0 Å². The first-order chi connectivity index (χ1) is 7.53. The van der Waals surface area contributed by atoms with Crippen LogP contribution in [0, 0.1) is 10.7 Å². The molecule has 5 heteroatoms. The summed E-state index contributed by atoms with van der Waals surface area (Å²) < 4.78 is 26.3. The molecule has 0 amide bonds. The minimum absolute atomic E-state index is 0.458. The van der Waals surface area contributed by atoms with Crippen molar-refractivity contribution in [3.63, 3.8) is 0 Å². The molecular weight excluding hydrogens is 290 g/mol. The van der Waals surface area contributed by atoms with Crippen LogP contribution in [0.25, 0.3) is 0 Å². The van der Waals surface area contributed by atoms with Crippen LogP contribution in [0.15, 0.2) is 27.6 Å². The van der Waals surface area contributed by atoms with E-state index in [1.165, 1.54) is 0 Å². The Labute approximate surface area is 104 Å². The summed E-state index contributed by atoms with van der Waals surface area (Å²) in [5.74, 6) is 1.47. The van der Waals surface area contributed by atoms with E-state index in [-0.39, 0.29) is 0 Å². The highest BCUT2D eigenvalue weighted by molar-refractivity contribution is 9.10. The number of hydrogen-bond acceptors (Lipinski definition) is 3. The molecule has 0 spiro atoms. The summed E-state index contributed by atoms with van der Waals surface area (Å²) in [5, 5.41) is 0. The Kier molecular flexibility index (Phi) is 3.26. The zero-order valence-electron chi connectivity index (χ0n) is 9.03. The van der Waals surface area contributed by atoms with E-state index in [1.54, 1.807) is 19.2 Å². The Morgan fingerprint density at radius 1 is 1.56 bits per heavy atom. The average molecular weight is 304 g/mol. The van der Waals surface area contributed by atoms with Crippen molar-refractivity contribution in [1.29, 1.82) is 4.78 Å². The summed E-state index contributed by atoms with van der Waals surface area (Å²) in [4.78, 5) is 0.510. The van der Waals surface area contributed by atoms with Gasteiger partial charge in [-0.05, 0) is 37.0 Å². The molecule has 16 heavy (non-hydrogen) atoms. The molecule has 0 radical (unpaired) electrons.